The van der Waals surface area contributed by atoms with Crippen molar-refractivity contribution >= 4 is 26.0 Å². The van der Waals surface area contributed by atoms with Gasteiger partial charge in [0.2, 0.25) is 10.0 Å². The van der Waals surface area contributed by atoms with Crippen molar-refractivity contribution in [1.29, 1.82) is 0 Å². The van der Waals surface area contributed by atoms with Crippen LogP contribution in [-0.4, -0.2) is 14.0 Å². The fourth-order valence-corrected chi connectivity index (χ4v) is 3.67. The molecule has 0 saturated carbocycles. The van der Waals surface area contributed by atoms with Gasteiger partial charge in [-0.1, -0.05) is 41.4 Å². The maximum absolute atomic E-state index is 12.2. The molecule has 0 unspecified atom stereocenters. The van der Waals surface area contributed by atoms with Crippen molar-refractivity contribution < 1.29 is 8.42 Å². The lowest BCUT2D eigenvalue weighted by molar-refractivity contribution is 0.418. The maximum atomic E-state index is 12.2. The van der Waals surface area contributed by atoms with Gasteiger partial charge >= 0.3 is 0 Å². The molecule has 0 radical (unpaired) electrons. The molecular weight excluding hydrogens is 314 g/mol. The molecule has 1 aromatic rings. The number of benzene rings is 1. The van der Waals surface area contributed by atoms with E-state index in [9.17, 15) is 8.42 Å². The SMILES string of the molecule is CCCC(C)(C)NS(=O)(=O)c1ccc(CBr)cc1. The third kappa shape index (κ3) is 4.37. The number of sulfonamides is 1. The average molecular weight is 334 g/mol. The molecule has 0 amide bonds. The summed E-state index contributed by atoms with van der Waals surface area (Å²) in [6.07, 6.45) is 1.75. The number of rotatable bonds is 6. The van der Waals surface area contributed by atoms with Gasteiger partial charge in [-0.25, -0.2) is 13.1 Å². The highest BCUT2D eigenvalue weighted by molar-refractivity contribution is 9.08. The Morgan fingerprint density at radius 1 is 1.22 bits per heavy atom. The van der Waals surface area contributed by atoms with E-state index in [0.717, 1.165) is 23.7 Å². The Hall–Kier alpha value is -0.390. The predicted octanol–water partition coefficient (Wildman–Crippen LogP) is 3.44. The first-order chi connectivity index (χ1) is 8.30. The van der Waals surface area contributed by atoms with E-state index in [4.69, 9.17) is 0 Å². The minimum Gasteiger partial charge on any atom is -0.207 e. The molecule has 18 heavy (non-hydrogen) atoms. The molecule has 0 saturated heterocycles. The molecule has 0 aliphatic rings. The standard InChI is InChI=1S/C13H20BrNO2S/c1-4-9-13(2,3)15-18(16,17)12-7-5-11(10-14)6-8-12/h5-8,15H,4,9-10H2,1-3H3. The lowest BCUT2D eigenvalue weighted by Gasteiger charge is -2.25. The summed E-state index contributed by atoms with van der Waals surface area (Å²) in [7, 11) is -3.43. The van der Waals surface area contributed by atoms with Crippen LogP contribution in [0.5, 0.6) is 0 Å². The van der Waals surface area contributed by atoms with Crippen molar-refractivity contribution in [1.82, 2.24) is 4.72 Å². The van der Waals surface area contributed by atoms with Crippen LogP contribution in [0.1, 0.15) is 39.2 Å². The van der Waals surface area contributed by atoms with Crippen molar-refractivity contribution in [3.05, 3.63) is 29.8 Å². The molecule has 1 aromatic carbocycles. The van der Waals surface area contributed by atoms with Gasteiger partial charge < -0.3 is 0 Å². The second-order valence-electron chi connectivity index (χ2n) is 5.02. The van der Waals surface area contributed by atoms with Crippen LogP contribution in [0.15, 0.2) is 29.2 Å². The first kappa shape index (κ1) is 15.7. The fourth-order valence-electron chi connectivity index (χ4n) is 1.86. The molecule has 0 aliphatic heterocycles. The van der Waals surface area contributed by atoms with Crippen LogP contribution in [-0.2, 0) is 15.4 Å². The van der Waals surface area contributed by atoms with E-state index in [1.807, 2.05) is 32.9 Å². The lowest BCUT2D eigenvalue weighted by Crippen LogP contribution is -2.43. The summed E-state index contributed by atoms with van der Waals surface area (Å²) in [5.74, 6) is 0. The maximum Gasteiger partial charge on any atom is 0.241 e. The molecule has 102 valence electrons. The highest BCUT2D eigenvalue weighted by Gasteiger charge is 2.25. The zero-order chi connectivity index (χ0) is 13.8. The molecule has 0 heterocycles. The summed E-state index contributed by atoms with van der Waals surface area (Å²) >= 11 is 3.34. The minimum absolute atomic E-state index is 0.316. The Bertz CT molecular complexity index is 480. The lowest BCUT2D eigenvalue weighted by atomic mass is 10.0. The Morgan fingerprint density at radius 3 is 2.22 bits per heavy atom. The number of hydrogen-bond acceptors (Lipinski definition) is 2. The third-order valence-corrected chi connectivity index (χ3v) is 5.04. The molecular formula is C13H20BrNO2S. The van der Waals surface area contributed by atoms with E-state index < -0.39 is 15.6 Å². The van der Waals surface area contributed by atoms with E-state index in [2.05, 4.69) is 20.7 Å². The second-order valence-corrected chi connectivity index (χ2v) is 7.26. The van der Waals surface area contributed by atoms with E-state index in [-0.39, 0.29) is 0 Å². The summed E-state index contributed by atoms with van der Waals surface area (Å²) in [6.45, 7) is 5.85. The summed E-state index contributed by atoms with van der Waals surface area (Å²) in [4.78, 5) is 0.316. The van der Waals surface area contributed by atoms with Gasteiger partial charge in [-0.05, 0) is 38.0 Å². The molecule has 0 aliphatic carbocycles. The Morgan fingerprint density at radius 2 is 1.78 bits per heavy atom. The molecule has 0 bridgehead atoms. The topological polar surface area (TPSA) is 46.2 Å². The van der Waals surface area contributed by atoms with Crippen LogP contribution in [0.3, 0.4) is 0 Å². The largest absolute Gasteiger partial charge is 0.241 e. The van der Waals surface area contributed by atoms with Gasteiger partial charge in [0.05, 0.1) is 4.90 Å². The number of halogens is 1. The molecule has 0 fully saturated rings. The van der Waals surface area contributed by atoms with Gasteiger partial charge in [-0.15, -0.1) is 0 Å². The zero-order valence-corrected chi connectivity index (χ0v) is 13.4. The van der Waals surface area contributed by atoms with Crippen LogP contribution < -0.4 is 4.72 Å². The van der Waals surface area contributed by atoms with Crippen molar-refractivity contribution in [2.24, 2.45) is 0 Å². The zero-order valence-electron chi connectivity index (χ0n) is 11.0. The molecule has 5 heteroatoms. The Labute approximate surface area is 118 Å². The van der Waals surface area contributed by atoms with E-state index >= 15 is 0 Å². The highest BCUT2D eigenvalue weighted by Crippen LogP contribution is 2.18. The normalized spacial score (nSPS) is 12.7. The van der Waals surface area contributed by atoms with Crippen LogP contribution in [0.4, 0.5) is 0 Å². The van der Waals surface area contributed by atoms with Crippen molar-refractivity contribution in [3.8, 4) is 0 Å². The van der Waals surface area contributed by atoms with E-state index in [1.165, 1.54) is 0 Å². The van der Waals surface area contributed by atoms with Gasteiger partial charge in [0.1, 0.15) is 0 Å². The molecule has 1 rings (SSSR count). The second kappa shape index (κ2) is 6.17. The summed E-state index contributed by atoms with van der Waals surface area (Å²) in [5, 5.41) is 0.724. The highest BCUT2D eigenvalue weighted by atomic mass is 79.9. The summed E-state index contributed by atoms with van der Waals surface area (Å²) in [6, 6.07) is 6.91. The number of alkyl halides is 1. The van der Waals surface area contributed by atoms with Gasteiger partial charge in [0.15, 0.2) is 0 Å². The summed E-state index contributed by atoms with van der Waals surface area (Å²) in [5.41, 5.74) is 0.642. The first-order valence-electron chi connectivity index (χ1n) is 5.99. The number of hydrogen-bond donors (Lipinski definition) is 1. The monoisotopic (exact) mass is 333 g/mol. The van der Waals surface area contributed by atoms with Crippen LogP contribution in [0, 0.1) is 0 Å². The predicted molar refractivity (Wildman–Crippen MR) is 78.4 cm³/mol. The van der Waals surface area contributed by atoms with Crippen molar-refractivity contribution in [3.63, 3.8) is 0 Å². The third-order valence-electron chi connectivity index (χ3n) is 2.67. The first-order valence-corrected chi connectivity index (χ1v) is 8.60. The fraction of sp³-hybridized carbons (Fsp3) is 0.538. The van der Waals surface area contributed by atoms with Gasteiger partial charge in [0, 0.05) is 10.9 Å². The number of nitrogens with one attached hydrogen (secondary N) is 1. The Balaban J connectivity index is 2.92. The molecule has 1 N–H and O–H groups in total. The average Bonchev–Trinajstić information content (AvgIpc) is 2.27. The summed E-state index contributed by atoms with van der Waals surface area (Å²) < 4.78 is 27.1. The quantitative estimate of drug-likeness (QED) is 0.810. The van der Waals surface area contributed by atoms with Gasteiger partial charge in [-0.2, -0.15) is 0 Å². The molecule has 0 atom stereocenters. The van der Waals surface area contributed by atoms with E-state index in [1.54, 1.807) is 12.1 Å². The van der Waals surface area contributed by atoms with E-state index in [0.29, 0.717) is 4.90 Å². The van der Waals surface area contributed by atoms with Crippen LogP contribution >= 0.6 is 15.9 Å². The minimum atomic E-state index is -3.43. The molecule has 0 aromatic heterocycles. The van der Waals surface area contributed by atoms with Crippen LogP contribution in [0.2, 0.25) is 0 Å². The Kier molecular flexibility index (Phi) is 5.37. The van der Waals surface area contributed by atoms with Gasteiger partial charge in [-0.3, -0.25) is 0 Å². The molecule has 0 spiro atoms. The van der Waals surface area contributed by atoms with Crippen molar-refractivity contribution in [2.75, 3.05) is 0 Å². The molecule has 3 nitrogen and oxygen atoms in total. The van der Waals surface area contributed by atoms with Crippen molar-refractivity contribution in [2.45, 2.75) is 49.4 Å². The van der Waals surface area contributed by atoms with Crippen LogP contribution in [0.25, 0.3) is 0 Å². The van der Waals surface area contributed by atoms with Gasteiger partial charge in [0.25, 0.3) is 0 Å². The smallest absolute Gasteiger partial charge is 0.207 e.